The number of aryl methyl sites for hydroxylation is 1. The zero-order valence-electron chi connectivity index (χ0n) is 11.7. The van der Waals surface area contributed by atoms with Gasteiger partial charge in [-0.05, 0) is 30.3 Å². The number of hydrogen-bond acceptors (Lipinski definition) is 4. The van der Waals surface area contributed by atoms with Crippen LogP contribution in [-0.2, 0) is 7.05 Å². The highest BCUT2D eigenvalue weighted by molar-refractivity contribution is 5.54. The van der Waals surface area contributed by atoms with Gasteiger partial charge in [0.25, 0.3) is 0 Å². The van der Waals surface area contributed by atoms with Crippen molar-refractivity contribution in [1.82, 2.24) is 24.8 Å². The topological polar surface area (TPSA) is 51.8 Å². The maximum absolute atomic E-state index is 4.20. The first-order chi connectivity index (χ1) is 9.65. The van der Waals surface area contributed by atoms with Crippen LogP contribution in [0.3, 0.4) is 0 Å². The molecule has 0 unspecified atom stereocenters. The van der Waals surface area contributed by atoms with E-state index in [4.69, 9.17) is 0 Å². The van der Waals surface area contributed by atoms with E-state index in [1.54, 1.807) is 15.6 Å². The van der Waals surface area contributed by atoms with Gasteiger partial charge in [0.1, 0.15) is 5.69 Å². The molecule has 2 aromatic heterocycles. The van der Waals surface area contributed by atoms with Crippen LogP contribution < -0.4 is 4.90 Å². The monoisotopic (exact) mass is 268 g/mol. The molecule has 102 valence electrons. The van der Waals surface area contributed by atoms with Crippen LogP contribution in [0.25, 0.3) is 17.1 Å². The Balaban J connectivity index is 1.92. The van der Waals surface area contributed by atoms with E-state index in [1.165, 1.54) is 0 Å². The first kappa shape index (κ1) is 12.4. The van der Waals surface area contributed by atoms with Gasteiger partial charge >= 0.3 is 0 Å². The molecule has 0 aliphatic carbocycles. The molecule has 0 bridgehead atoms. The van der Waals surface area contributed by atoms with Crippen LogP contribution in [0, 0.1) is 0 Å². The average Bonchev–Trinajstić information content (AvgIpc) is 3.07. The van der Waals surface area contributed by atoms with E-state index in [0.717, 1.165) is 22.8 Å². The molecule has 3 rings (SSSR count). The molecular weight excluding hydrogens is 252 g/mol. The molecular formula is C14H16N6. The second kappa shape index (κ2) is 4.80. The second-order valence-corrected chi connectivity index (χ2v) is 4.80. The predicted octanol–water partition coefficient (Wildman–Crippen LogP) is 1.73. The van der Waals surface area contributed by atoms with Gasteiger partial charge in [-0.25, -0.2) is 4.68 Å². The van der Waals surface area contributed by atoms with Gasteiger partial charge in [0.15, 0.2) is 0 Å². The summed E-state index contributed by atoms with van der Waals surface area (Å²) in [4.78, 5) is 2.06. The van der Waals surface area contributed by atoms with Crippen molar-refractivity contribution in [2.24, 2.45) is 7.05 Å². The molecule has 0 N–H and O–H groups in total. The highest BCUT2D eigenvalue weighted by Crippen LogP contribution is 2.18. The van der Waals surface area contributed by atoms with Crippen molar-refractivity contribution in [2.45, 2.75) is 0 Å². The third-order valence-corrected chi connectivity index (χ3v) is 3.21. The maximum atomic E-state index is 4.20. The number of nitrogens with zero attached hydrogens (tertiary/aromatic N) is 6. The van der Waals surface area contributed by atoms with Crippen LogP contribution >= 0.6 is 0 Å². The first-order valence-corrected chi connectivity index (χ1v) is 6.33. The van der Waals surface area contributed by atoms with Crippen LogP contribution in [0.1, 0.15) is 0 Å². The van der Waals surface area contributed by atoms with E-state index in [-0.39, 0.29) is 0 Å². The maximum Gasteiger partial charge on any atom is 0.131 e. The van der Waals surface area contributed by atoms with Crippen LogP contribution in [0.15, 0.2) is 42.7 Å². The Bertz CT molecular complexity index is 707. The van der Waals surface area contributed by atoms with Crippen molar-refractivity contribution in [1.29, 1.82) is 0 Å². The van der Waals surface area contributed by atoms with Gasteiger partial charge in [-0.2, -0.15) is 5.10 Å². The van der Waals surface area contributed by atoms with Crippen molar-refractivity contribution in [3.63, 3.8) is 0 Å². The molecule has 6 nitrogen and oxygen atoms in total. The standard InChI is InChI=1S/C14H16N6/c1-18(2)11-4-6-12(7-5-11)20-10-13(16-17-20)14-8-9-15-19(14)3/h4-10H,1-3H3. The van der Waals surface area contributed by atoms with E-state index >= 15 is 0 Å². The normalized spacial score (nSPS) is 10.8. The van der Waals surface area contributed by atoms with Gasteiger partial charge in [0.2, 0.25) is 0 Å². The molecule has 20 heavy (non-hydrogen) atoms. The molecule has 0 saturated carbocycles. The summed E-state index contributed by atoms with van der Waals surface area (Å²) in [7, 11) is 5.93. The molecule has 2 heterocycles. The van der Waals surface area contributed by atoms with Gasteiger partial charge in [0, 0.05) is 33.0 Å². The van der Waals surface area contributed by atoms with Gasteiger partial charge in [-0.3, -0.25) is 4.68 Å². The van der Waals surface area contributed by atoms with E-state index in [0.29, 0.717) is 0 Å². The highest BCUT2D eigenvalue weighted by atomic mass is 15.4. The lowest BCUT2D eigenvalue weighted by atomic mass is 10.2. The predicted molar refractivity (Wildman–Crippen MR) is 77.9 cm³/mol. The van der Waals surface area contributed by atoms with Crippen molar-refractivity contribution >= 4 is 5.69 Å². The Morgan fingerprint density at radius 3 is 2.40 bits per heavy atom. The zero-order valence-corrected chi connectivity index (χ0v) is 11.7. The quantitative estimate of drug-likeness (QED) is 0.726. The molecule has 0 amide bonds. The summed E-state index contributed by atoms with van der Waals surface area (Å²) in [6.45, 7) is 0. The summed E-state index contributed by atoms with van der Waals surface area (Å²) >= 11 is 0. The van der Waals surface area contributed by atoms with Gasteiger partial charge < -0.3 is 4.90 Å². The lowest BCUT2D eigenvalue weighted by molar-refractivity contribution is 0.770. The molecule has 0 saturated heterocycles. The number of hydrogen-bond donors (Lipinski definition) is 0. The number of aromatic nitrogens is 5. The van der Waals surface area contributed by atoms with Crippen molar-refractivity contribution in [2.75, 3.05) is 19.0 Å². The molecule has 6 heteroatoms. The van der Waals surface area contributed by atoms with E-state index in [9.17, 15) is 0 Å². The summed E-state index contributed by atoms with van der Waals surface area (Å²) in [6.07, 6.45) is 3.65. The Hall–Kier alpha value is -2.63. The lowest BCUT2D eigenvalue weighted by Gasteiger charge is -2.12. The fourth-order valence-electron chi connectivity index (χ4n) is 2.04. The minimum atomic E-state index is 0.807. The summed E-state index contributed by atoms with van der Waals surface area (Å²) in [5, 5.41) is 12.5. The second-order valence-electron chi connectivity index (χ2n) is 4.80. The van der Waals surface area contributed by atoms with E-state index < -0.39 is 0 Å². The van der Waals surface area contributed by atoms with Gasteiger partial charge in [-0.1, -0.05) is 5.21 Å². The number of anilines is 1. The summed E-state index contributed by atoms with van der Waals surface area (Å²) in [5.41, 5.74) is 3.89. The van der Waals surface area contributed by atoms with Crippen LogP contribution in [0.4, 0.5) is 5.69 Å². The third-order valence-electron chi connectivity index (χ3n) is 3.21. The van der Waals surface area contributed by atoms with Crippen LogP contribution in [-0.4, -0.2) is 38.9 Å². The third kappa shape index (κ3) is 2.16. The van der Waals surface area contributed by atoms with E-state index in [2.05, 4.69) is 32.4 Å². The Morgan fingerprint density at radius 2 is 1.80 bits per heavy atom. The van der Waals surface area contributed by atoms with Gasteiger partial charge in [-0.15, -0.1) is 5.10 Å². The zero-order chi connectivity index (χ0) is 14.1. The van der Waals surface area contributed by atoms with Crippen molar-refractivity contribution < 1.29 is 0 Å². The van der Waals surface area contributed by atoms with Crippen molar-refractivity contribution in [3.05, 3.63) is 42.7 Å². The molecule has 0 spiro atoms. The molecule has 0 radical (unpaired) electrons. The van der Waals surface area contributed by atoms with Crippen molar-refractivity contribution in [3.8, 4) is 17.1 Å². The molecule has 0 fully saturated rings. The fourth-order valence-corrected chi connectivity index (χ4v) is 2.04. The molecule has 1 aromatic carbocycles. The largest absolute Gasteiger partial charge is 0.378 e. The molecule has 0 aliphatic heterocycles. The Morgan fingerprint density at radius 1 is 1.05 bits per heavy atom. The summed E-state index contributed by atoms with van der Waals surface area (Å²) in [6, 6.07) is 10.1. The smallest absolute Gasteiger partial charge is 0.131 e. The van der Waals surface area contributed by atoms with E-state index in [1.807, 2.05) is 45.5 Å². The summed E-state index contributed by atoms with van der Waals surface area (Å²) in [5.74, 6) is 0. The Labute approximate surface area is 117 Å². The first-order valence-electron chi connectivity index (χ1n) is 6.33. The highest BCUT2D eigenvalue weighted by Gasteiger charge is 2.08. The fraction of sp³-hybridized carbons (Fsp3) is 0.214. The molecule has 0 aliphatic rings. The molecule has 3 aromatic rings. The van der Waals surface area contributed by atoms with Crippen LogP contribution in [0.2, 0.25) is 0 Å². The van der Waals surface area contributed by atoms with Gasteiger partial charge in [0.05, 0.1) is 17.6 Å². The number of rotatable bonds is 3. The SMILES string of the molecule is CN(C)c1ccc(-n2cc(-c3ccnn3C)nn2)cc1. The minimum absolute atomic E-state index is 0.807. The lowest BCUT2D eigenvalue weighted by Crippen LogP contribution is -2.08. The molecule has 0 atom stereocenters. The number of benzene rings is 1. The Kier molecular flexibility index (Phi) is 2.98. The minimum Gasteiger partial charge on any atom is -0.378 e. The van der Waals surface area contributed by atoms with Crippen LogP contribution in [0.5, 0.6) is 0 Å². The summed E-state index contributed by atoms with van der Waals surface area (Å²) < 4.78 is 3.55. The average molecular weight is 268 g/mol.